The minimum atomic E-state index is 0.275. The lowest BCUT2D eigenvalue weighted by molar-refractivity contribution is 0.375. The molecule has 0 bridgehead atoms. The van der Waals surface area contributed by atoms with Crippen LogP contribution in [0.15, 0.2) is 4.99 Å². The highest BCUT2D eigenvalue weighted by Crippen LogP contribution is 2.29. The maximum atomic E-state index is 4.39. The van der Waals surface area contributed by atoms with Crippen molar-refractivity contribution >= 4 is 17.7 Å². The van der Waals surface area contributed by atoms with E-state index in [1.807, 2.05) is 37.3 Å². The molecule has 1 aromatic heterocycles. The Balaban J connectivity index is 1.98. The summed E-state index contributed by atoms with van der Waals surface area (Å²) in [5.41, 5.74) is 0. The Morgan fingerprint density at radius 2 is 2.20 bits per heavy atom. The van der Waals surface area contributed by atoms with Gasteiger partial charge in [-0.25, -0.2) is 0 Å². The maximum absolute atomic E-state index is 4.39. The van der Waals surface area contributed by atoms with Gasteiger partial charge < -0.3 is 14.8 Å². The molecule has 2 heterocycles. The largest absolute Gasteiger partial charge is 0.349 e. The van der Waals surface area contributed by atoms with Gasteiger partial charge in [-0.15, -0.1) is 10.2 Å². The van der Waals surface area contributed by atoms with Gasteiger partial charge in [-0.05, 0) is 20.8 Å². The number of nitrogens with one attached hydrogen (secondary N) is 1. The van der Waals surface area contributed by atoms with Gasteiger partial charge in [0, 0.05) is 37.7 Å². The van der Waals surface area contributed by atoms with E-state index in [0.29, 0.717) is 6.54 Å². The Kier molecular flexibility index (Phi) is 4.57. The topological polar surface area (TPSA) is 58.3 Å². The van der Waals surface area contributed by atoms with Crippen LogP contribution in [-0.4, -0.2) is 56.3 Å². The van der Waals surface area contributed by atoms with E-state index in [1.165, 1.54) is 0 Å². The lowest BCUT2D eigenvalue weighted by atomic mass is 10.2. The quantitative estimate of drug-likeness (QED) is 0.652. The molecular weight excluding hydrogens is 272 g/mol. The summed E-state index contributed by atoms with van der Waals surface area (Å²) in [5, 5.41) is 11.6. The van der Waals surface area contributed by atoms with E-state index in [4.69, 9.17) is 0 Å². The van der Waals surface area contributed by atoms with Crippen LogP contribution < -0.4 is 5.32 Å². The number of nitrogens with zero attached hydrogens (tertiary/aromatic N) is 5. The second kappa shape index (κ2) is 6.03. The number of hydrogen-bond donors (Lipinski definition) is 1. The van der Waals surface area contributed by atoms with Crippen LogP contribution in [0.5, 0.6) is 0 Å². The maximum Gasteiger partial charge on any atom is 0.194 e. The molecule has 2 rings (SSSR count). The highest BCUT2D eigenvalue weighted by Gasteiger charge is 2.28. The first-order valence-corrected chi connectivity index (χ1v) is 7.86. The normalized spacial score (nSPS) is 19.2. The van der Waals surface area contributed by atoms with Crippen LogP contribution in [0.4, 0.5) is 0 Å². The Morgan fingerprint density at radius 3 is 2.75 bits per heavy atom. The van der Waals surface area contributed by atoms with E-state index >= 15 is 0 Å². The lowest BCUT2D eigenvalue weighted by Gasteiger charge is -2.39. The molecule has 1 aliphatic rings. The number of guanidine groups is 1. The highest BCUT2D eigenvalue weighted by atomic mass is 32.2. The highest BCUT2D eigenvalue weighted by molar-refractivity contribution is 8.00. The van der Waals surface area contributed by atoms with Gasteiger partial charge in [-0.3, -0.25) is 4.99 Å². The van der Waals surface area contributed by atoms with Crippen molar-refractivity contribution in [2.45, 2.75) is 32.1 Å². The Labute approximate surface area is 125 Å². The minimum absolute atomic E-state index is 0.275. The Bertz CT molecular complexity index is 493. The molecule has 1 saturated heterocycles. The fourth-order valence-corrected chi connectivity index (χ4v) is 3.40. The molecule has 7 heteroatoms. The first kappa shape index (κ1) is 15.2. The summed E-state index contributed by atoms with van der Waals surface area (Å²) in [4.78, 5) is 6.71. The number of thioether (sulfide) groups is 1. The average molecular weight is 296 g/mol. The molecular formula is C13H24N6S. The molecule has 0 aromatic carbocycles. The fourth-order valence-electron chi connectivity index (χ4n) is 2.29. The van der Waals surface area contributed by atoms with E-state index in [9.17, 15) is 0 Å². The number of aliphatic imine (C=N–C) groups is 1. The van der Waals surface area contributed by atoms with Crippen LogP contribution in [0, 0.1) is 6.92 Å². The molecule has 20 heavy (non-hydrogen) atoms. The third-order valence-electron chi connectivity index (χ3n) is 3.52. The zero-order valence-corrected chi connectivity index (χ0v) is 13.8. The second-order valence-electron chi connectivity index (χ2n) is 5.65. The molecule has 0 saturated carbocycles. The monoisotopic (exact) mass is 296 g/mol. The molecule has 0 unspecified atom stereocenters. The number of aryl methyl sites for hydroxylation is 1. The SMILES string of the molecule is CN=C(NCc1nnc(C)n1C)N1CCSC(C)(C)C1. The van der Waals surface area contributed by atoms with Crippen molar-refractivity contribution in [2.24, 2.45) is 12.0 Å². The standard InChI is InChI=1S/C13H24N6S/c1-10-16-17-11(18(10)5)8-15-12(14-4)19-6-7-20-13(2,3)9-19/h6-9H2,1-5H3,(H,14,15). The zero-order chi connectivity index (χ0) is 14.8. The zero-order valence-electron chi connectivity index (χ0n) is 13.0. The Morgan fingerprint density at radius 1 is 1.45 bits per heavy atom. The Hall–Kier alpha value is -1.24. The summed E-state index contributed by atoms with van der Waals surface area (Å²) in [6.45, 7) is 9.21. The molecule has 0 radical (unpaired) electrons. The molecule has 0 atom stereocenters. The molecule has 1 fully saturated rings. The average Bonchev–Trinajstić information content (AvgIpc) is 2.70. The van der Waals surface area contributed by atoms with Crippen molar-refractivity contribution in [2.75, 3.05) is 25.9 Å². The van der Waals surface area contributed by atoms with E-state index in [1.54, 1.807) is 0 Å². The molecule has 1 aromatic rings. The molecule has 1 aliphatic heterocycles. The molecule has 0 spiro atoms. The summed E-state index contributed by atoms with van der Waals surface area (Å²) in [6, 6.07) is 0. The van der Waals surface area contributed by atoms with E-state index in [-0.39, 0.29) is 4.75 Å². The van der Waals surface area contributed by atoms with Crippen LogP contribution in [0.1, 0.15) is 25.5 Å². The molecule has 112 valence electrons. The lowest BCUT2D eigenvalue weighted by Crippen LogP contribution is -2.50. The van der Waals surface area contributed by atoms with Crippen molar-refractivity contribution in [3.8, 4) is 0 Å². The number of rotatable bonds is 2. The third kappa shape index (κ3) is 3.45. The summed E-state index contributed by atoms with van der Waals surface area (Å²) < 4.78 is 2.27. The van der Waals surface area contributed by atoms with Crippen molar-refractivity contribution in [1.82, 2.24) is 25.0 Å². The van der Waals surface area contributed by atoms with E-state index in [0.717, 1.165) is 36.5 Å². The van der Waals surface area contributed by atoms with Crippen molar-refractivity contribution in [3.05, 3.63) is 11.6 Å². The first-order chi connectivity index (χ1) is 9.43. The van der Waals surface area contributed by atoms with Crippen LogP contribution in [-0.2, 0) is 13.6 Å². The third-order valence-corrected chi connectivity index (χ3v) is 4.82. The number of hydrogen-bond acceptors (Lipinski definition) is 4. The van der Waals surface area contributed by atoms with Crippen molar-refractivity contribution in [3.63, 3.8) is 0 Å². The van der Waals surface area contributed by atoms with Crippen molar-refractivity contribution < 1.29 is 0 Å². The summed E-state index contributed by atoms with van der Waals surface area (Å²) >= 11 is 2.02. The smallest absolute Gasteiger partial charge is 0.194 e. The van der Waals surface area contributed by atoms with Gasteiger partial charge in [-0.2, -0.15) is 11.8 Å². The van der Waals surface area contributed by atoms with Gasteiger partial charge in [0.25, 0.3) is 0 Å². The van der Waals surface area contributed by atoms with Crippen LogP contribution in [0.2, 0.25) is 0 Å². The summed E-state index contributed by atoms with van der Waals surface area (Å²) in [6.07, 6.45) is 0. The second-order valence-corrected chi connectivity index (χ2v) is 7.46. The van der Waals surface area contributed by atoms with Crippen LogP contribution >= 0.6 is 11.8 Å². The van der Waals surface area contributed by atoms with Gasteiger partial charge in [0.2, 0.25) is 0 Å². The predicted octanol–water partition coefficient (Wildman–Crippen LogP) is 1.03. The predicted molar refractivity (Wildman–Crippen MR) is 84.0 cm³/mol. The fraction of sp³-hybridized carbons (Fsp3) is 0.769. The van der Waals surface area contributed by atoms with Crippen molar-refractivity contribution in [1.29, 1.82) is 0 Å². The van der Waals surface area contributed by atoms with Gasteiger partial charge in [0.1, 0.15) is 5.82 Å². The first-order valence-electron chi connectivity index (χ1n) is 6.87. The van der Waals surface area contributed by atoms with Gasteiger partial charge >= 0.3 is 0 Å². The van der Waals surface area contributed by atoms with Gasteiger partial charge in [0.05, 0.1) is 6.54 Å². The van der Waals surface area contributed by atoms with E-state index in [2.05, 4.69) is 39.3 Å². The van der Waals surface area contributed by atoms with Crippen LogP contribution in [0.25, 0.3) is 0 Å². The molecule has 1 N–H and O–H groups in total. The van der Waals surface area contributed by atoms with Gasteiger partial charge in [-0.1, -0.05) is 0 Å². The van der Waals surface area contributed by atoms with E-state index < -0.39 is 0 Å². The summed E-state index contributed by atoms with van der Waals surface area (Å²) in [7, 11) is 3.81. The van der Waals surface area contributed by atoms with Crippen LogP contribution in [0.3, 0.4) is 0 Å². The summed E-state index contributed by atoms with van der Waals surface area (Å²) in [5.74, 6) is 3.93. The minimum Gasteiger partial charge on any atom is -0.349 e. The molecule has 0 amide bonds. The molecule has 6 nitrogen and oxygen atoms in total. The van der Waals surface area contributed by atoms with Gasteiger partial charge in [0.15, 0.2) is 11.8 Å². The number of aromatic nitrogens is 3. The molecule has 0 aliphatic carbocycles.